The molecule has 0 bridgehead atoms. The number of para-hydroxylation sites is 2. The van der Waals surface area contributed by atoms with Crippen molar-refractivity contribution in [3.8, 4) is 0 Å². The van der Waals surface area contributed by atoms with E-state index >= 15 is 0 Å². The molecule has 0 N–H and O–H groups in total. The number of imidazole rings is 1. The molecular formula is C18H21F2N5O. The van der Waals surface area contributed by atoms with Crippen molar-refractivity contribution >= 4 is 22.8 Å². The first-order valence-electron chi connectivity index (χ1n) is 8.68. The summed E-state index contributed by atoms with van der Waals surface area (Å²) in [6, 6.07) is 7.17. The van der Waals surface area contributed by atoms with Crippen molar-refractivity contribution < 1.29 is 13.5 Å². The van der Waals surface area contributed by atoms with Crippen molar-refractivity contribution in [2.24, 2.45) is 4.99 Å². The molecule has 8 heteroatoms. The minimum absolute atomic E-state index is 0.0204. The second-order valence-corrected chi connectivity index (χ2v) is 6.48. The number of benzene rings is 1. The topological polar surface area (TPSA) is 45.9 Å². The summed E-state index contributed by atoms with van der Waals surface area (Å²) in [6.45, 7) is 4.76. The first kappa shape index (κ1) is 17.0. The zero-order chi connectivity index (χ0) is 18.3. The standard InChI is InChI=1S/C18H21F2N5O/c1-12-11-15(22-18(23(12)2)24-7-9-26-10-8-24)25-14-6-4-3-5-13(14)21-17(25)16(19)20/h3-6,11-12,16H,7-10H2,1-2H3. The highest BCUT2D eigenvalue weighted by Crippen LogP contribution is 2.30. The van der Waals surface area contributed by atoms with E-state index in [-0.39, 0.29) is 11.9 Å². The molecule has 1 aromatic carbocycles. The zero-order valence-electron chi connectivity index (χ0n) is 14.8. The van der Waals surface area contributed by atoms with Gasteiger partial charge < -0.3 is 14.5 Å². The molecule has 6 nitrogen and oxygen atoms in total. The third-order valence-corrected chi connectivity index (χ3v) is 4.84. The molecule has 2 aliphatic rings. The Labute approximate surface area is 150 Å². The first-order valence-corrected chi connectivity index (χ1v) is 8.68. The number of aliphatic imine (C=N–C) groups is 1. The molecule has 4 rings (SSSR count). The Balaban J connectivity index is 1.84. The van der Waals surface area contributed by atoms with Gasteiger partial charge in [-0.25, -0.2) is 13.8 Å². The fraction of sp³-hybridized carbons (Fsp3) is 0.444. The number of likely N-dealkylation sites (N-methyl/N-ethyl adjacent to an activating group) is 1. The van der Waals surface area contributed by atoms with Crippen LogP contribution in [0.15, 0.2) is 35.3 Å². The van der Waals surface area contributed by atoms with Gasteiger partial charge in [0, 0.05) is 20.1 Å². The van der Waals surface area contributed by atoms with E-state index in [1.165, 1.54) is 4.57 Å². The van der Waals surface area contributed by atoms with E-state index in [4.69, 9.17) is 9.73 Å². The van der Waals surface area contributed by atoms with Gasteiger partial charge in [0.05, 0.1) is 30.3 Å². The molecule has 0 amide bonds. The predicted molar refractivity (Wildman–Crippen MR) is 96.0 cm³/mol. The monoisotopic (exact) mass is 361 g/mol. The van der Waals surface area contributed by atoms with Crippen LogP contribution < -0.4 is 0 Å². The number of halogens is 2. The Morgan fingerprint density at radius 3 is 2.65 bits per heavy atom. The maximum atomic E-state index is 13.6. The summed E-state index contributed by atoms with van der Waals surface area (Å²) in [7, 11) is 1.96. The number of ether oxygens (including phenoxy) is 1. The second-order valence-electron chi connectivity index (χ2n) is 6.48. The normalized spacial score (nSPS) is 21.3. The summed E-state index contributed by atoms with van der Waals surface area (Å²) in [6.07, 6.45) is -0.787. The molecule has 2 aliphatic heterocycles. The lowest BCUT2D eigenvalue weighted by Crippen LogP contribution is -2.51. The molecule has 26 heavy (non-hydrogen) atoms. The number of hydrogen-bond donors (Lipinski definition) is 0. The number of alkyl halides is 2. The highest BCUT2D eigenvalue weighted by Gasteiger charge is 2.28. The van der Waals surface area contributed by atoms with Crippen LogP contribution in [0.4, 0.5) is 8.78 Å². The van der Waals surface area contributed by atoms with Crippen molar-refractivity contribution in [1.82, 2.24) is 19.4 Å². The molecular weight excluding hydrogens is 340 g/mol. The number of morpholine rings is 1. The lowest BCUT2D eigenvalue weighted by molar-refractivity contribution is 0.0622. The molecule has 0 aliphatic carbocycles. The van der Waals surface area contributed by atoms with Gasteiger partial charge >= 0.3 is 0 Å². The van der Waals surface area contributed by atoms with Crippen LogP contribution in [0.25, 0.3) is 16.9 Å². The Morgan fingerprint density at radius 1 is 1.19 bits per heavy atom. The van der Waals surface area contributed by atoms with Crippen LogP contribution in [0.5, 0.6) is 0 Å². The van der Waals surface area contributed by atoms with E-state index in [2.05, 4.69) is 14.8 Å². The molecule has 1 unspecified atom stereocenters. The molecule has 138 valence electrons. The number of fused-ring (bicyclic) bond motifs is 1. The van der Waals surface area contributed by atoms with E-state index in [0.717, 1.165) is 19.0 Å². The van der Waals surface area contributed by atoms with Crippen LogP contribution >= 0.6 is 0 Å². The quantitative estimate of drug-likeness (QED) is 0.825. The van der Waals surface area contributed by atoms with Crippen LogP contribution in [0.1, 0.15) is 19.2 Å². The fourth-order valence-electron chi connectivity index (χ4n) is 3.34. The van der Waals surface area contributed by atoms with E-state index in [0.29, 0.717) is 30.1 Å². The van der Waals surface area contributed by atoms with Gasteiger partial charge in [0.15, 0.2) is 5.82 Å². The largest absolute Gasteiger partial charge is 0.378 e. The third-order valence-electron chi connectivity index (χ3n) is 4.84. The molecule has 0 radical (unpaired) electrons. The van der Waals surface area contributed by atoms with Crippen LogP contribution in [-0.4, -0.2) is 64.7 Å². The summed E-state index contributed by atoms with van der Waals surface area (Å²) < 4.78 is 34.2. The minimum Gasteiger partial charge on any atom is -0.378 e. The lowest BCUT2D eigenvalue weighted by Gasteiger charge is -2.38. The van der Waals surface area contributed by atoms with Crippen LogP contribution in [0.2, 0.25) is 0 Å². The van der Waals surface area contributed by atoms with Gasteiger partial charge in [-0.05, 0) is 25.1 Å². The lowest BCUT2D eigenvalue weighted by atomic mass is 10.2. The maximum Gasteiger partial charge on any atom is 0.296 e. The van der Waals surface area contributed by atoms with Gasteiger partial charge in [-0.15, -0.1) is 0 Å². The summed E-state index contributed by atoms with van der Waals surface area (Å²) in [5, 5.41) is 0. The van der Waals surface area contributed by atoms with Crippen molar-refractivity contribution in [3.63, 3.8) is 0 Å². The Bertz CT molecular complexity index is 870. The summed E-state index contributed by atoms with van der Waals surface area (Å²) >= 11 is 0. The number of nitrogens with zero attached hydrogens (tertiary/aromatic N) is 5. The predicted octanol–water partition coefficient (Wildman–Crippen LogP) is 2.79. The Hall–Kier alpha value is -2.48. The number of guanidine groups is 1. The molecule has 1 fully saturated rings. The smallest absolute Gasteiger partial charge is 0.296 e. The Morgan fingerprint density at radius 2 is 1.92 bits per heavy atom. The van der Waals surface area contributed by atoms with Crippen molar-refractivity contribution in [2.75, 3.05) is 33.4 Å². The summed E-state index contributed by atoms with van der Waals surface area (Å²) in [5.74, 6) is 0.983. The number of aromatic nitrogens is 2. The molecule has 1 aromatic heterocycles. The Kier molecular flexibility index (Phi) is 4.36. The van der Waals surface area contributed by atoms with Crippen LogP contribution in [-0.2, 0) is 4.74 Å². The van der Waals surface area contributed by atoms with Crippen LogP contribution in [0.3, 0.4) is 0 Å². The molecule has 3 heterocycles. The average molecular weight is 361 g/mol. The number of rotatable bonds is 2. The van der Waals surface area contributed by atoms with E-state index in [1.54, 1.807) is 18.2 Å². The SMILES string of the molecule is CC1C=C(n2c(C(F)F)nc3ccccc32)N=C(N2CCOCC2)N1C. The van der Waals surface area contributed by atoms with E-state index in [1.807, 2.05) is 26.1 Å². The molecule has 1 atom stereocenters. The molecule has 1 saturated heterocycles. The van der Waals surface area contributed by atoms with Gasteiger partial charge in [-0.1, -0.05) is 12.1 Å². The van der Waals surface area contributed by atoms with Crippen molar-refractivity contribution in [1.29, 1.82) is 0 Å². The second kappa shape index (κ2) is 6.68. The van der Waals surface area contributed by atoms with Gasteiger partial charge in [-0.3, -0.25) is 4.57 Å². The third kappa shape index (κ3) is 2.84. The highest BCUT2D eigenvalue weighted by atomic mass is 19.3. The van der Waals surface area contributed by atoms with Gasteiger partial charge in [0.2, 0.25) is 5.96 Å². The average Bonchev–Trinajstić information content (AvgIpc) is 3.04. The maximum absolute atomic E-state index is 13.6. The van der Waals surface area contributed by atoms with Gasteiger partial charge in [-0.2, -0.15) is 4.99 Å². The van der Waals surface area contributed by atoms with Crippen LogP contribution in [0, 0.1) is 0 Å². The molecule has 2 aromatic rings. The van der Waals surface area contributed by atoms with Gasteiger partial charge in [0.1, 0.15) is 5.82 Å². The minimum atomic E-state index is -2.68. The number of hydrogen-bond acceptors (Lipinski definition) is 5. The fourth-order valence-corrected chi connectivity index (χ4v) is 3.34. The molecule has 0 spiro atoms. The van der Waals surface area contributed by atoms with E-state index < -0.39 is 6.43 Å². The van der Waals surface area contributed by atoms with Crippen molar-refractivity contribution in [3.05, 3.63) is 36.2 Å². The summed E-state index contributed by atoms with van der Waals surface area (Å²) in [5.41, 5.74) is 1.18. The van der Waals surface area contributed by atoms with Crippen molar-refractivity contribution in [2.45, 2.75) is 19.4 Å². The van der Waals surface area contributed by atoms with Gasteiger partial charge in [0.25, 0.3) is 6.43 Å². The zero-order valence-corrected chi connectivity index (χ0v) is 14.8. The summed E-state index contributed by atoms with van der Waals surface area (Å²) in [4.78, 5) is 13.0. The van der Waals surface area contributed by atoms with E-state index in [9.17, 15) is 8.78 Å². The highest BCUT2D eigenvalue weighted by molar-refractivity contribution is 5.88. The molecule has 0 saturated carbocycles. The first-order chi connectivity index (χ1) is 12.6.